The fraction of sp³-hybridized carbons (Fsp3) is 0.538. The summed E-state index contributed by atoms with van der Waals surface area (Å²) in [6.45, 7) is 6.19. The minimum Gasteiger partial charge on any atom is -0.481 e. The van der Waals surface area contributed by atoms with Gasteiger partial charge in [-0.1, -0.05) is 0 Å². The number of aromatic nitrogens is 2. The van der Waals surface area contributed by atoms with Crippen LogP contribution in [-0.2, 0) is 9.59 Å². The molecule has 7 heteroatoms. The van der Waals surface area contributed by atoms with E-state index in [2.05, 4.69) is 15.3 Å². The molecule has 0 bridgehead atoms. The second kappa shape index (κ2) is 6.95. The first-order chi connectivity index (χ1) is 9.29. The highest BCUT2D eigenvalue weighted by atomic mass is 16.4. The topological polar surface area (TPSA) is 95.4 Å². The highest BCUT2D eigenvalue weighted by Gasteiger charge is 2.24. The molecule has 0 aliphatic carbocycles. The smallest absolute Gasteiger partial charge is 0.304 e. The lowest BCUT2D eigenvalue weighted by Crippen LogP contribution is -2.46. The molecule has 20 heavy (non-hydrogen) atoms. The number of carbonyl (C=O) groups excluding carboxylic acids is 1. The lowest BCUT2D eigenvalue weighted by molar-refractivity contribution is -0.138. The number of carboxylic acid groups (broad SMARTS) is 1. The average Bonchev–Trinajstić information content (AvgIpc) is 2.34. The quantitative estimate of drug-likeness (QED) is 0.806. The zero-order valence-corrected chi connectivity index (χ0v) is 12.0. The number of nitrogens with zero attached hydrogens (tertiary/aromatic N) is 3. The fourth-order valence-corrected chi connectivity index (χ4v) is 1.58. The first kappa shape index (κ1) is 16.0. The van der Waals surface area contributed by atoms with Gasteiger partial charge in [0, 0.05) is 24.5 Å². The molecule has 0 fully saturated rings. The van der Waals surface area contributed by atoms with E-state index in [1.54, 1.807) is 11.0 Å². The lowest BCUT2D eigenvalue weighted by Gasteiger charge is -2.34. The Hall–Kier alpha value is -2.02. The number of carboxylic acids is 1. The first-order valence-corrected chi connectivity index (χ1v) is 6.33. The molecule has 0 aliphatic rings. The molecular formula is C13H20N4O3. The van der Waals surface area contributed by atoms with Gasteiger partial charge in [0.05, 0.1) is 13.0 Å². The van der Waals surface area contributed by atoms with E-state index in [9.17, 15) is 9.59 Å². The maximum Gasteiger partial charge on any atom is 0.304 e. The van der Waals surface area contributed by atoms with Gasteiger partial charge in [0.1, 0.15) is 0 Å². The van der Waals surface area contributed by atoms with Gasteiger partial charge in [-0.25, -0.2) is 9.97 Å². The molecule has 1 aromatic heterocycles. The Labute approximate surface area is 118 Å². The van der Waals surface area contributed by atoms with E-state index in [0.717, 1.165) is 0 Å². The average molecular weight is 280 g/mol. The number of anilines is 1. The molecule has 1 rings (SSSR count). The van der Waals surface area contributed by atoms with Gasteiger partial charge in [-0.3, -0.25) is 19.8 Å². The van der Waals surface area contributed by atoms with Crippen molar-refractivity contribution >= 4 is 17.8 Å². The number of aliphatic carboxylic acids is 1. The Morgan fingerprint density at radius 2 is 1.90 bits per heavy atom. The van der Waals surface area contributed by atoms with Gasteiger partial charge in [0.2, 0.25) is 11.9 Å². The molecule has 110 valence electrons. The van der Waals surface area contributed by atoms with Crippen molar-refractivity contribution in [2.45, 2.75) is 32.7 Å². The van der Waals surface area contributed by atoms with Crippen molar-refractivity contribution in [1.29, 1.82) is 0 Å². The molecule has 2 N–H and O–H groups in total. The van der Waals surface area contributed by atoms with Crippen molar-refractivity contribution in [3.8, 4) is 0 Å². The van der Waals surface area contributed by atoms with Crippen LogP contribution in [0, 0.1) is 0 Å². The number of hydrogen-bond acceptors (Lipinski definition) is 5. The summed E-state index contributed by atoms with van der Waals surface area (Å²) in [5.74, 6) is -0.910. The Bertz CT molecular complexity index is 456. The molecule has 0 saturated heterocycles. The van der Waals surface area contributed by atoms with Gasteiger partial charge in [-0.05, 0) is 26.8 Å². The summed E-state index contributed by atoms with van der Waals surface area (Å²) in [5, 5.41) is 11.3. The summed E-state index contributed by atoms with van der Waals surface area (Å²) in [4.78, 5) is 32.2. The predicted octanol–water partition coefficient (Wildman–Crippen LogP) is 0.990. The van der Waals surface area contributed by atoms with Crippen LogP contribution < -0.4 is 5.32 Å². The van der Waals surface area contributed by atoms with E-state index in [1.807, 2.05) is 20.8 Å². The van der Waals surface area contributed by atoms with Crippen LogP contribution in [0.3, 0.4) is 0 Å². The molecule has 1 aromatic rings. The van der Waals surface area contributed by atoms with Gasteiger partial charge in [-0.15, -0.1) is 0 Å². The van der Waals surface area contributed by atoms with E-state index < -0.39 is 5.97 Å². The molecule has 0 unspecified atom stereocenters. The number of amides is 1. The molecule has 1 heterocycles. The van der Waals surface area contributed by atoms with Crippen molar-refractivity contribution < 1.29 is 14.7 Å². The molecule has 1 amide bonds. The van der Waals surface area contributed by atoms with Crippen LogP contribution in [-0.4, -0.2) is 50.5 Å². The molecule has 0 spiro atoms. The van der Waals surface area contributed by atoms with Gasteiger partial charge in [-0.2, -0.15) is 0 Å². The van der Waals surface area contributed by atoms with Gasteiger partial charge in [0.15, 0.2) is 0 Å². The molecule has 0 saturated carbocycles. The van der Waals surface area contributed by atoms with Gasteiger partial charge >= 0.3 is 5.97 Å². The Kier molecular flexibility index (Phi) is 5.57. The third kappa shape index (κ3) is 5.75. The summed E-state index contributed by atoms with van der Waals surface area (Å²) in [5.41, 5.74) is -0.301. The van der Waals surface area contributed by atoms with E-state index in [0.29, 0.717) is 6.54 Å². The molecule has 0 aromatic carbocycles. The van der Waals surface area contributed by atoms with Crippen molar-refractivity contribution in [3.63, 3.8) is 0 Å². The summed E-state index contributed by atoms with van der Waals surface area (Å²) in [6, 6.07) is 1.66. The standard InChI is InChI=1S/C13H20N4O3/c1-13(2,3)17(8-5-11(19)20)9-10(18)16-12-14-6-4-7-15-12/h4,6-7H,5,8-9H2,1-3H3,(H,19,20)(H,14,15,16,18). The first-order valence-electron chi connectivity index (χ1n) is 6.33. The molecule has 7 nitrogen and oxygen atoms in total. The van der Waals surface area contributed by atoms with Crippen LogP contribution in [0.2, 0.25) is 0 Å². The van der Waals surface area contributed by atoms with Crippen molar-refractivity contribution in [2.75, 3.05) is 18.4 Å². The fourth-order valence-electron chi connectivity index (χ4n) is 1.58. The SMILES string of the molecule is CC(C)(C)N(CCC(=O)O)CC(=O)Nc1ncccn1. The van der Waals surface area contributed by atoms with Crippen LogP contribution in [0.4, 0.5) is 5.95 Å². The van der Waals surface area contributed by atoms with Crippen molar-refractivity contribution in [1.82, 2.24) is 14.9 Å². The van der Waals surface area contributed by atoms with E-state index >= 15 is 0 Å². The minimum absolute atomic E-state index is 0.00755. The molecule has 0 aliphatic heterocycles. The summed E-state index contributed by atoms with van der Waals surface area (Å²) in [7, 11) is 0. The number of rotatable bonds is 6. The van der Waals surface area contributed by atoms with Gasteiger partial charge in [0.25, 0.3) is 0 Å². The second-order valence-corrected chi connectivity index (χ2v) is 5.36. The molecule has 0 radical (unpaired) electrons. The normalized spacial score (nSPS) is 11.4. The Morgan fingerprint density at radius 3 is 2.40 bits per heavy atom. The highest BCUT2D eigenvalue weighted by molar-refractivity contribution is 5.90. The van der Waals surface area contributed by atoms with Crippen LogP contribution in [0.5, 0.6) is 0 Å². The van der Waals surface area contributed by atoms with Crippen LogP contribution in [0.1, 0.15) is 27.2 Å². The number of carbonyl (C=O) groups is 2. The van der Waals surface area contributed by atoms with Crippen molar-refractivity contribution in [3.05, 3.63) is 18.5 Å². The Balaban J connectivity index is 2.60. The van der Waals surface area contributed by atoms with Crippen LogP contribution in [0.15, 0.2) is 18.5 Å². The van der Waals surface area contributed by atoms with E-state index in [-0.39, 0.29) is 30.4 Å². The monoisotopic (exact) mass is 280 g/mol. The van der Waals surface area contributed by atoms with Crippen LogP contribution in [0.25, 0.3) is 0 Å². The van der Waals surface area contributed by atoms with Crippen molar-refractivity contribution in [2.24, 2.45) is 0 Å². The number of hydrogen-bond donors (Lipinski definition) is 2. The molecular weight excluding hydrogens is 260 g/mol. The highest BCUT2D eigenvalue weighted by Crippen LogP contribution is 2.13. The largest absolute Gasteiger partial charge is 0.481 e. The third-order valence-electron chi connectivity index (χ3n) is 2.70. The maximum atomic E-state index is 11.9. The zero-order valence-electron chi connectivity index (χ0n) is 12.0. The Morgan fingerprint density at radius 1 is 1.30 bits per heavy atom. The third-order valence-corrected chi connectivity index (χ3v) is 2.70. The lowest BCUT2D eigenvalue weighted by atomic mass is 10.1. The van der Waals surface area contributed by atoms with E-state index in [4.69, 9.17) is 5.11 Å². The van der Waals surface area contributed by atoms with Gasteiger partial charge < -0.3 is 5.11 Å². The summed E-state index contributed by atoms with van der Waals surface area (Å²) >= 11 is 0. The number of nitrogens with one attached hydrogen (secondary N) is 1. The summed E-state index contributed by atoms with van der Waals surface area (Å²) < 4.78 is 0. The predicted molar refractivity (Wildman–Crippen MR) is 74.2 cm³/mol. The minimum atomic E-state index is -0.883. The van der Waals surface area contributed by atoms with E-state index in [1.165, 1.54) is 12.4 Å². The molecule has 0 atom stereocenters. The second-order valence-electron chi connectivity index (χ2n) is 5.36. The zero-order chi connectivity index (χ0) is 15.2. The maximum absolute atomic E-state index is 11.9. The van der Waals surface area contributed by atoms with Crippen LogP contribution >= 0.6 is 0 Å². The summed E-state index contributed by atoms with van der Waals surface area (Å²) in [6.07, 6.45) is 3.07.